The second-order valence-corrected chi connectivity index (χ2v) is 6.88. The summed E-state index contributed by atoms with van der Waals surface area (Å²) in [5, 5.41) is 2.82. The van der Waals surface area contributed by atoms with Crippen LogP contribution in [0.5, 0.6) is 5.75 Å². The molecule has 5 heteroatoms. The second kappa shape index (κ2) is 9.22. The van der Waals surface area contributed by atoms with Crippen LogP contribution in [0.4, 0.5) is 0 Å². The quantitative estimate of drug-likeness (QED) is 0.453. The number of nitrogens with zero attached hydrogens (tertiary/aromatic N) is 2. The average molecular weight is 377 g/mol. The Kier molecular flexibility index (Phi) is 6.48. The highest BCUT2D eigenvalue weighted by molar-refractivity contribution is 5.86. The first-order valence-electron chi connectivity index (χ1n) is 9.63. The van der Waals surface area contributed by atoms with Gasteiger partial charge >= 0.3 is 0 Å². The third-order valence-corrected chi connectivity index (χ3v) is 4.69. The first-order chi connectivity index (χ1) is 13.6. The number of hydrogen-bond donors (Lipinski definition) is 1. The van der Waals surface area contributed by atoms with Gasteiger partial charge in [-0.3, -0.25) is 4.79 Å². The largest absolute Gasteiger partial charge is 0.493 e. The predicted molar refractivity (Wildman–Crippen MR) is 113 cm³/mol. The normalized spacial score (nSPS) is 10.8. The van der Waals surface area contributed by atoms with E-state index >= 15 is 0 Å². The van der Waals surface area contributed by atoms with Crippen molar-refractivity contribution in [2.45, 2.75) is 33.2 Å². The van der Waals surface area contributed by atoms with Crippen molar-refractivity contribution in [3.8, 4) is 5.75 Å². The third-order valence-electron chi connectivity index (χ3n) is 4.69. The first kappa shape index (κ1) is 19.7. The van der Waals surface area contributed by atoms with E-state index in [2.05, 4.69) is 54.6 Å². The minimum Gasteiger partial charge on any atom is -0.493 e. The fraction of sp³-hybridized carbons (Fsp3) is 0.304. The summed E-state index contributed by atoms with van der Waals surface area (Å²) in [5.74, 6) is 1.75. The van der Waals surface area contributed by atoms with E-state index in [0.29, 0.717) is 19.6 Å². The Morgan fingerprint density at radius 2 is 2.07 bits per heavy atom. The number of carbonyl (C=O) groups is 1. The summed E-state index contributed by atoms with van der Waals surface area (Å²) >= 11 is 0. The molecule has 2 aromatic carbocycles. The minimum absolute atomic E-state index is 0.162. The molecule has 1 heterocycles. The van der Waals surface area contributed by atoms with Gasteiger partial charge in [0.2, 0.25) is 5.91 Å². The first-order valence-corrected chi connectivity index (χ1v) is 9.63. The standard InChI is InChI=1S/C23H27N3O2/c1-4-23(27)24-13-12-22-25-19-8-5-6-9-20(19)26(22)14-7-15-28-21-16-17(2)10-11-18(21)3/h4-6,8-11,16H,1,7,12-15H2,2-3H3,(H,24,27). The number of benzene rings is 2. The lowest BCUT2D eigenvalue weighted by Crippen LogP contribution is -2.24. The Morgan fingerprint density at radius 3 is 2.89 bits per heavy atom. The van der Waals surface area contributed by atoms with Crippen molar-refractivity contribution in [2.24, 2.45) is 0 Å². The van der Waals surface area contributed by atoms with E-state index in [-0.39, 0.29) is 5.91 Å². The smallest absolute Gasteiger partial charge is 0.243 e. The molecule has 0 saturated carbocycles. The van der Waals surface area contributed by atoms with Crippen LogP contribution >= 0.6 is 0 Å². The number of carbonyl (C=O) groups excluding carboxylic acids is 1. The zero-order valence-electron chi connectivity index (χ0n) is 16.6. The molecule has 0 fully saturated rings. The van der Waals surface area contributed by atoms with Gasteiger partial charge in [-0.1, -0.05) is 30.8 Å². The molecule has 1 aromatic heterocycles. The van der Waals surface area contributed by atoms with Gasteiger partial charge in [0.05, 0.1) is 17.6 Å². The maximum absolute atomic E-state index is 11.4. The highest BCUT2D eigenvalue weighted by Crippen LogP contribution is 2.20. The van der Waals surface area contributed by atoms with Gasteiger partial charge < -0.3 is 14.6 Å². The number of rotatable bonds is 9. The molecule has 146 valence electrons. The fourth-order valence-corrected chi connectivity index (χ4v) is 3.20. The maximum Gasteiger partial charge on any atom is 0.243 e. The van der Waals surface area contributed by atoms with Crippen LogP contribution in [-0.4, -0.2) is 28.6 Å². The Bertz CT molecular complexity index is 975. The van der Waals surface area contributed by atoms with Gasteiger partial charge in [0.1, 0.15) is 11.6 Å². The number of aryl methyl sites for hydroxylation is 3. The number of aromatic nitrogens is 2. The summed E-state index contributed by atoms with van der Waals surface area (Å²) in [6.45, 7) is 9.61. The second-order valence-electron chi connectivity index (χ2n) is 6.88. The zero-order valence-corrected chi connectivity index (χ0v) is 16.6. The molecule has 3 aromatic rings. The molecule has 3 rings (SSSR count). The van der Waals surface area contributed by atoms with Crippen molar-refractivity contribution < 1.29 is 9.53 Å². The Labute approximate surface area is 166 Å². The van der Waals surface area contributed by atoms with E-state index in [1.54, 1.807) is 0 Å². The van der Waals surface area contributed by atoms with Crippen molar-refractivity contribution in [1.29, 1.82) is 0 Å². The van der Waals surface area contributed by atoms with E-state index in [9.17, 15) is 4.79 Å². The van der Waals surface area contributed by atoms with Gasteiger partial charge in [-0.05, 0) is 55.7 Å². The molecular formula is C23H27N3O2. The van der Waals surface area contributed by atoms with Crippen LogP contribution in [0.3, 0.4) is 0 Å². The maximum atomic E-state index is 11.4. The zero-order chi connectivity index (χ0) is 19.9. The number of fused-ring (bicyclic) bond motifs is 1. The SMILES string of the molecule is C=CC(=O)NCCc1nc2ccccc2n1CCCOc1cc(C)ccc1C. The Morgan fingerprint density at radius 1 is 1.25 bits per heavy atom. The van der Waals surface area contributed by atoms with Crippen LogP contribution < -0.4 is 10.1 Å². The van der Waals surface area contributed by atoms with Crippen molar-refractivity contribution >= 4 is 16.9 Å². The summed E-state index contributed by atoms with van der Waals surface area (Å²) in [6.07, 6.45) is 2.83. The van der Waals surface area contributed by atoms with Crippen LogP contribution in [0, 0.1) is 13.8 Å². The molecule has 5 nitrogen and oxygen atoms in total. The number of nitrogens with one attached hydrogen (secondary N) is 1. The molecule has 0 spiro atoms. The molecule has 0 radical (unpaired) electrons. The van der Waals surface area contributed by atoms with Crippen molar-refractivity contribution in [2.75, 3.05) is 13.2 Å². The lowest BCUT2D eigenvalue weighted by Gasteiger charge is -2.12. The van der Waals surface area contributed by atoms with Gasteiger partial charge in [-0.25, -0.2) is 4.98 Å². The lowest BCUT2D eigenvalue weighted by atomic mass is 10.1. The summed E-state index contributed by atoms with van der Waals surface area (Å²) in [5.41, 5.74) is 4.43. The Balaban J connectivity index is 1.65. The summed E-state index contributed by atoms with van der Waals surface area (Å²) in [4.78, 5) is 16.1. The summed E-state index contributed by atoms with van der Waals surface area (Å²) < 4.78 is 8.22. The highest BCUT2D eigenvalue weighted by atomic mass is 16.5. The molecular weight excluding hydrogens is 350 g/mol. The number of imidazole rings is 1. The fourth-order valence-electron chi connectivity index (χ4n) is 3.20. The average Bonchev–Trinajstić information content (AvgIpc) is 3.05. The van der Waals surface area contributed by atoms with Gasteiger partial charge in [-0.2, -0.15) is 0 Å². The van der Waals surface area contributed by atoms with Crippen molar-refractivity contribution in [3.05, 3.63) is 72.1 Å². The number of ether oxygens (including phenoxy) is 1. The van der Waals surface area contributed by atoms with Crippen molar-refractivity contribution in [3.63, 3.8) is 0 Å². The van der Waals surface area contributed by atoms with Crippen LogP contribution in [0.25, 0.3) is 11.0 Å². The molecule has 28 heavy (non-hydrogen) atoms. The monoisotopic (exact) mass is 377 g/mol. The molecule has 0 aliphatic carbocycles. The molecule has 0 aliphatic heterocycles. The molecule has 1 amide bonds. The molecule has 0 aliphatic rings. The summed E-state index contributed by atoms with van der Waals surface area (Å²) in [6, 6.07) is 14.4. The van der Waals surface area contributed by atoms with E-state index in [0.717, 1.165) is 41.1 Å². The van der Waals surface area contributed by atoms with Crippen LogP contribution in [0.15, 0.2) is 55.1 Å². The highest BCUT2D eigenvalue weighted by Gasteiger charge is 2.10. The van der Waals surface area contributed by atoms with Crippen LogP contribution in [-0.2, 0) is 17.8 Å². The van der Waals surface area contributed by atoms with Crippen LogP contribution in [0.2, 0.25) is 0 Å². The van der Waals surface area contributed by atoms with Crippen LogP contribution in [0.1, 0.15) is 23.4 Å². The van der Waals surface area contributed by atoms with E-state index in [1.807, 2.05) is 18.2 Å². The number of hydrogen-bond acceptors (Lipinski definition) is 3. The molecule has 0 saturated heterocycles. The van der Waals surface area contributed by atoms with Gasteiger partial charge in [0.25, 0.3) is 0 Å². The van der Waals surface area contributed by atoms with E-state index in [1.165, 1.54) is 11.6 Å². The molecule has 1 N–H and O–H groups in total. The lowest BCUT2D eigenvalue weighted by molar-refractivity contribution is -0.116. The predicted octanol–water partition coefficient (Wildman–Crippen LogP) is 3.97. The third kappa shape index (κ3) is 4.80. The van der Waals surface area contributed by atoms with E-state index in [4.69, 9.17) is 9.72 Å². The summed E-state index contributed by atoms with van der Waals surface area (Å²) in [7, 11) is 0. The molecule has 0 atom stereocenters. The van der Waals surface area contributed by atoms with Gasteiger partial charge in [-0.15, -0.1) is 0 Å². The number of amides is 1. The van der Waals surface area contributed by atoms with E-state index < -0.39 is 0 Å². The topological polar surface area (TPSA) is 56.2 Å². The minimum atomic E-state index is -0.162. The number of para-hydroxylation sites is 2. The van der Waals surface area contributed by atoms with Gasteiger partial charge in [0.15, 0.2) is 0 Å². The van der Waals surface area contributed by atoms with Crippen molar-refractivity contribution in [1.82, 2.24) is 14.9 Å². The molecule has 0 unspecified atom stereocenters. The molecule has 0 bridgehead atoms. The van der Waals surface area contributed by atoms with Gasteiger partial charge in [0, 0.05) is 19.5 Å². The Hall–Kier alpha value is -3.08.